The highest BCUT2D eigenvalue weighted by Gasteiger charge is 2.31. The summed E-state index contributed by atoms with van der Waals surface area (Å²) in [6.07, 6.45) is 1.78. The zero-order valence-electron chi connectivity index (χ0n) is 13.5. The summed E-state index contributed by atoms with van der Waals surface area (Å²) in [6, 6.07) is 12.1. The Morgan fingerprint density at radius 1 is 1.16 bits per heavy atom. The minimum Gasteiger partial charge on any atom is -0.426 e. The van der Waals surface area contributed by atoms with E-state index in [2.05, 4.69) is 0 Å². The van der Waals surface area contributed by atoms with Gasteiger partial charge in [-0.1, -0.05) is 23.7 Å². The van der Waals surface area contributed by atoms with E-state index >= 15 is 0 Å². The lowest BCUT2D eigenvalue weighted by Crippen LogP contribution is -2.10. The first-order valence-corrected chi connectivity index (χ1v) is 8.46. The summed E-state index contributed by atoms with van der Waals surface area (Å²) in [5.41, 5.74) is 2.05. The van der Waals surface area contributed by atoms with Gasteiger partial charge in [-0.05, 0) is 61.2 Å². The van der Waals surface area contributed by atoms with Gasteiger partial charge in [-0.25, -0.2) is 4.79 Å². The van der Waals surface area contributed by atoms with Crippen LogP contribution in [0.1, 0.15) is 18.4 Å². The molecule has 0 saturated heterocycles. The number of carbonyl (C=O) groups excluding carboxylic acids is 1. The van der Waals surface area contributed by atoms with Gasteiger partial charge in [-0.3, -0.25) is 4.79 Å². The van der Waals surface area contributed by atoms with Gasteiger partial charge in [0.15, 0.2) is 0 Å². The van der Waals surface area contributed by atoms with Crippen molar-refractivity contribution in [1.29, 1.82) is 0 Å². The molecule has 0 spiro atoms. The average molecular weight is 355 g/mol. The van der Waals surface area contributed by atoms with Crippen LogP contribution in [0.15, 0.2) is 51.7 Å². The van der Waals surface area contributed by atoms with Crippen LogP contribution in [0.3, 0.4) is 0 Å². The number of benzene rings is 2. The molecule has 3 aromatic rings. The Kier molecular flexibility index (Phi) is 3.85. The summed E-state index contributed by atoms with van der Waals surface area (Å²) in [5.74, 6) is 0.283. The highest BCUT2D eigenvalue weighted by Crippen LogP contribution is 2.33. The number of fused-ring (bicyclic) bond motifs is 1. The lowest BCUT2D eigenvalue weighted by Gasteiger charge is -2.10. The Bertz CT molecular complexity index is 1030. The summed E-state index contributed by atoms with van der Waals surface area (Å²) < 4.78 is 10.9. The van der Waals surface area contributed by atoms with Crippen molar-refractivity contribution in [3.8, 4) is 16.9 Å². The third-order valence-corrected chi connectivity index (χ3v) is 4.65. The van der Waals surface area contributed by atoms with Crippen LogP contribution in [0.5, 0.6) is 5.75 Å². The number of carbonyl (C=O) groups is 1. The molecule has 0 atom stereocenters. The fraction of sp³-hybridized carbons (Fsp3) is 0.200. The van der Waals surface area contributed by atoms with Crippen molar-refractivity contribution in [2.75, 3.05) is 0 Å². The monoisotopic (exact) mass is 354 g/mol. The molecule has 1 aliphatic rings. The first-order chi connectivity index (χ1) is 12.0. The van der Waals surface area contributed by atoms with E-state index in [1.54, 1.807) is 42.5 Å². The highest BCUT2D eigenvalue weighted by atomic mass is 35.5. The molecule has 126 valence electrons. The number of ether oxygens (including phenoxy) is 1. The molecular formula is C20H15ClO4. The maximum absolute atomic E-state index is 12.4. The minimum atomic E-state index is -0.407. The van der Waals surface area contributed by atoms with E-state index in [0.717, 1.165) is 29.4 Å². The number of halogens is 1. The number of esters is 1. The van der Waals surface area contributed by atoms with Gasteiger partial charge in [-0.15, -0.1) is 0 Å². The average Bonchev–Trinajstić information content (AvgIpc) is 3.42. The van der Waals surface area contributed by atoms with E-state index in [1.807, 2.05) is 6.92 Å². The van der Waals surface area contributed by atoms with Crippen molar-refractivity contribution < 1.29 is 13.9 Å². The molecule has 4 nitrogen and oxygen atoms in total. The van der Waals surface area contributed by atoms with E-state index in [0.29, 0.717) is 21.9 Å². The lowest BCUT2D eigenvalue weighted by atomic mass is 9.99. The number of rotatable bonds is 3. The maximum Gasteiger partial charge on any atom is 0.344 e. The zero-order valence-corrected chi connectivity index (χ0v) is 14.3. The van der Waals surface area contributed by atoms with Gasteiger partial charge in [0.05, 0.1) is 11.5 Å². The van der Waals surface area contributed by atoms with Crippen molar-refractivity contribution in [3.63, 3.8) is 0 Å². The fourth-order valence-corrected chi connectivity index (χ4v) is 2.99. The van der Waals surface area contributed by atoms with Crippen LogP contribution in [0.4, 0.5) is 0 Å². The van der Waals surface area contributed by atoms with Gasteiger partial charge in [-0.2, -0.15) is 0 Å². The summed E-state index contributed by atoms with van der Waals surface area (Å²) in [7, 11) is 0. The van der Waals surface area contributed by atoms with Crippen molar-refractivity contribution in [3.05, 3.63) is 63.5 Å². The Morgan fingerprint density at radius 3 is 2.56 bits per heavy atom. The topological polar surface area (TPSA) is 56.5 Å². The molecule has 4 rings (SSSR count). The molecule has 0 amide bonds. The second kappa shape index (κ2) is 6.05. The van der Waals surface area contributed by atoms with E-state index in [-0.39, 0.29) is 11.9 Å². The van der Waals surface area contributed by atoms with Crippen LogP contribution in [0.25, 0.3) is 22.1 Å². The summed E-state index contributed by atoms with van der Waals surface area (Å²) in [5, 5.41) is 1.34. The Hall–Kier alpha value is -2.59. The Morgan fingerprint density at radius 2 is 1.88 bits per heavy atom. The van der Waals surface area contributed by atoms with Gasteiger partial charge in [0.25, 0.3) is 0 Å². The predicted octanol–water partition coefficient (Wildman–Crippen LogP) is 4.74. The first kappa shape index (κ1) is 15.9. The molecule has 1 aromatic heterocycles. The Labute approximate surface area is 149 Å². The molecule has 2 aromatic carbocycles. The van der Waals surface area contributed by atoms with E-state index < -0.39 is 5.63 Å². The highest BCUT2D eigenvalue weighted by molar-refractivity contribution is 6.30. The van der Waals surface area contributed by atoms with Crippen LogP contribution in [0.2, 0.25) is 5.02 Å². The van der Waals surface area contributed by atoms with Crippen molar-refractivity contribution in [2.45, 2.75) is 19.8 Å². The molecule has 0 unspecified atom stereocenters. The largest absolute Gasteiger partial charge is 0.426 e. The van der Waals surface area contributed by atoms with Crippen molar-refractivity contribution >= 4 is 28.5 Å². The Balaban J connectivity index is 1.82. The van der Waals surface area contributed by atoms with Crippen LogP contribution < -0.4 is 10.4 Å². The third kappa shape index (κ3) is 3.05. The standard InChI is InChI=1S/C20H15ClO4/c1-11-16-10-15(24-19(22)13-2-3-13)8-9-17(16)25-20(23)18(11)12-4-6-14(21)7-5-12/h4-10,13H,2-3H2,1H3. The van der Waals surface area contributed by atoms with Crippen LogP contribution >= 0.6 is 11.6 Å². The first-order valence-electron chi connectivity index (χ1n) is 8.08. The van der Waals surface area contributed by atoms with Gasteiger partial charge < -0.3 is 9.15 Å². The molecule has 1 aliphatic carbocycles. The second-order valence-electron chi connectivity index (χ2n) is 6.25. The summed E-state index contributed by atoms with van der Waals surface area (Å²) in [4.78, 5) is 24.3. The SMILES string of the molecule is Cc1c(-c2ccc(Cl)cc2)c(=O)oc2ccc(OC(=O)C3CC3)cc12. The predicted molar refractivity (Wildman–Crippen MR) is 96.0 cm³/mol. The van der Waals surface area contributed by atoms with Crippen molar-refractivity contribution in [1.82, 2.24) is 0 Å². The third-order valence-electron chi connectivity index (χ3n) is 4.40. The van der Waals surface area contributed by atoms with Crippen molar-refractivity contribution in [2.24, 2.45) is 5.92 Å². The van der Waals surface area contributed by atoms with E-state index in [9.17, 15) is 9.59 Å². The molecule has 0 aliphatic heterocycles. The van der Waals surface area contributed by atoms with Crippen LogP contribution in [-0.4, -0.2) is 5.97 Å². The molecule has 0 N–H and O–H groups in total. The second-order valence-corrected chi connectivity index (χ2v) is 6.69. The minimum absolute atomic E-state index is 0.0233. The molecule has 1 saturated carbocycles. The molecule has 0 bridgehead atoms. The number of aryl methyl sites for hydroxylation is 1. The molecule has 1 heterocycles. The lowest BCUT2D eigenvalue weighted by molar-refractivity contribution is -0.135. The smallest absolute Gasteiger partial charge is 0.344 e. The zero-order chi connectivity index (χ0) is 17.6. The fourth-order valence-electron chi connectivity index (χ4n) is 2.86. The summed E-state index contributed by atoms with van der Waals surface area (Å²) in [6.45, 7) is 1.86. The van der Waals surface area contributed by atoms with Crippen LogP contribution in [-0.2, 0) is 4.79 Å². The van der Waals surface area contributed by atoms with Gasteiger partial charge in [0.1, 0.15) is 11.3 Å². The normalized spacial score (nSPS) is 13.8. The van der Waals surface area contributed by atoms with E-state index in [4.69, 9.17) is 20.8 Å². The van der Waals surface area contributed by atoms with E-state index in [1.165, 1.54) is 0 Å². The molecule has 1 fully saturated rings. The van der Waals surface area contributed by atoms with Gasteiger partial charge in [0.2, 0.25) is 0 Å². The molecular weight excluding hydrogens is 340 g/mol. The maximum atomic E-state index is 12.4. The number of hydrogen-bond acceptors (Lipinski definition) is 4. The van der Waals surface area contributed by atoms with Gasteiger partial charge in [0, 0.05) is 10.4 Å². The number of hydrogen-bond donors (Lipinski definition) is 0. The molecule has 5 heteroatoms. The molecule has 25 heavy (non-hydrogen) atoms. The van der Waals surface area contributed by atoms with Crippen LogP contribution in [0, 0.1) is 12.8 Å². The van der Waals surface area contributed by atoms with Gasteiger partial charge >= 0.3 is 11.6 Å². The summed E-state index contributed by atoms with van der Waals surface area (Å²) >= 11 is 5.92. The molecule has 0 radical (unpaired) electrons. The quantitative estimate of drug-likeness (QED) is 0.387.